The summed E-state index contributed by atoms with van der Waals surface area (Å²) >= 11 is 5.91. The molecule has 1 aromatic carbocycles. The molecule has 2 nitrogen and oxygen atoms in total. The van der Waals surface area contributed by atoms with Crippen molar-refractivity contribution in [1.82, 2.24) is 4.90 Å². The number of hydrogen-bond donors (Lipinski definition) is 0. The summed E-state index contributed by atoms with van der Waals surface area (Å²) < 4.78 is 0. The van der Waals surface area contributed by atoms with Crippen LogP contribution < -0.4 is 0 Å². The second-order valence-corrected chi connectivity index (χ2v) is 6.32. The number of hydrogen-bond acceptors (Lipinski definition) is 2. The zero-order valence-electron chi connectivity index (χ0n) is 11.7. The van der Waals surface area contributed by atoms with Crippen molar-refractivity contribution in [2.45, 2.75) is 38.6 Å². The minimum absolute atomic E-state index is 0.414. The standard InChI is InChI=1S/C16H21ClN2/c1-13-4-3-9-19(11-13)16(2,12-18)10-14-5-7-15(17)8-6-14/h5-8,13H,3-4,9-11H2,1-2H3. The highest BCUT2D eigenvalue weighted by Gasteiger charge is 2.34. The zero-order chi connectivity index (χ0) is 13.9. The van der Waals surface area contributed by atoms with E-state index < -0.39 is 5.54 Å². The molecule has 3 heteroatoms. The van der Waals surface area contributed by atoms with Gasteiger partial charge in [0.2, 0.25) is 0 Å². The van der Waals surface area contributed by atoms with Gasteiger partial charge in [-0.25, -0.2) is 0 Å². The number of rotatable bonds is 3. The van der Waals surface area contributed by atoms with E-state index in [1.165, 1.54) is 18.4 Å². The molecule has 2 atom stereocenters. The van der Waals surface area contributed by atoms with Crippen LogP contribution in [0.3, 0.4) is 0 Å². The summed E-state index contributed by atoms with van der Waals surface area (Å²) in [6, 6.07) is 10.4. The summed E-state index contributed by atoms with van der Waals surface area (Å²) in [5, 5.41) is 10.4. The number of benzene rings is 1. The number of piperidine rings is 1. The highest BCUT2D eigenvalue weighted by atomic mass is 35.5. The molecular weight excluding hydrogens is 256 g/mol. The van der Waals surface area contributed by atoms with Crippen molar-refractivity contribution < 1.29 is 0 Å². The number of halogens is 1. The van der Waals surface area contributed by atoms with Gasteiger partial charge in [0, 0.05) is 18.0 Å². The number of nitriles is 1. The lowest BCUT2D eigenvalue weighted by Crippen LogP contribution is -2.51. The number of likely N-dealkylation sites (tertiary alicyclic amines) is 1. The van der Waals surface area contributed by atoms with E-state index in [1.807, 2.05) is 24.3 Å². The Morgan fingerprint density at radius 2 is 2.11 bits per heavy atom. The minimum Gasteiger partial charge on any atom is -0.285 e. The van der Waals surface area contributed by atoms with Gasteiger partial charge >= 0.3 is 0 Å². The van der Waals surface area contributed by atoms with Crippen molar-refractivity contribution in [3.05, 3.63) is 34.9 Å². The minimum atomic E-state index is -0.414. The highest BCUT2D eigenvalue weighted by Crippen LogP contribution is 2.27. The van der Waals surface area contributed by atoms with E-state index in [2.05, 4.69) is 24.8 Å². The average Bonchev–Trinajstić information content (AvgIpc) is 2.41. The normalized spacial score (nSPS) is 23.6. The lowest BCUT2D eigenvalue weighted by atomic mass is 9.88. The Bertz CT molecular complexity index is 463. The van der Waals surface area contributed by atoms with Gasteiger partial charge in [0.25, 0.3) is 0 Å². The third kappa shape index (κ3) is 3.49. The lowest BCUT2D eigenvalue weighted by Gasteiger charge is -2.41. The monoisotopic (exact) mass is 276 g/mol. The molecule has 1 heterocycles. The maximum atomic E-state index is 9.62. The van der Waals surface area contributed by atoms with Gasteiger partial charge in [0.05, 0.1) is 6.07 Å². The summed E-state index contributed by atoms with van der Waals surface area (Å²) in [6.45, 7) is 6.38. The summed E-state index contributed by atoms with van der Waals surface area (Å²) in [4.78, 5) is 2.34. The molecule has 0 amide bonds. The Morgan fingerprint density at radius 1 is 1.42 bits per heavy atom. The van der Waals surface area contributed by atoms with Crippen LogP contribution in [0.1, 0.15) is 32.3 Å². The molecule has 1 aliphatic heterocycles. The molecule has 0 bridgehead atoms. The lowest BCUT2D eigenvalue weighted by molar-refractivity contribution is 0.0959. The van der Waals surface area contributed by atoms with Crippen LogP contribution in [0.15, 0.2) is 24.3 Å². The SMILES string of the molecule is CC1CCCN(C(C)(C#N)Cc2ccc(Cl)cc2)C1. The molecule has 2 rings (SSSR count). The van der Waals surface area contributed by atoms with Crippen LogP contribution in [0.4, 0.5) is 0 Å². The Labute approximate surface area is 121 Å². The van der Waals surface area contributed by atoms with Crippen LogP contribution >= 0.6 is 11.6 Å². The molecule has 0 N–H and O–H groups in total. The summed E-state index contributed by atoms with van der Waals surface area (Å²) in [5.74, 6) is 0.687. The molecular formula is C16H21ClN2. The maximum Gasteiger partial charge on any atom is 0.110 e. The Kier molecular flexibility index (Phi) is 4.50. The second-order valence-electron chi connectivity index (χ2n) is 5.88. The van der Waals surface area contributed by atoms with Crippen molar-refractivity contribution >= 4 is 11.6 Å². The molecule has 102 valence electrons. The molecule has 2 unspecified atom stereocenters. The second kappa shape index (κ2) is 5.94. The summed E-state index contributed by atoms with van der Waals surface area (Å²) in [5.41, 5.74) is 0.759. The van der Waals surface area contributed by atoms with Gasteiger partial charge in [0.15, 0.2) is 0 Å². The van der Waals surface area contributed by atoms with E-state index in [0.29, 0.717) is 5.92 Å². The molecule has 1 aliphatic rings. The quantitative estimate of drug-likeness (QED) is 0.837. The van der Waals surface area contributed by atoms with Crippen molar-refractivity contribution in [2.75, 3.05) is 13.1 Å². The molecule has 1 saturated heterocycles. The fourth-order valence-electron chi connectivity index (χ4n) is 2.86. The van der Waals surface area contributed by atoms with Crippen LogP contribution in [0.2, 0.25) is 5.02 Å². The first-order valence-electron chi connectivity index (χ1n) is 6.94. The Hall–Kier alpha value is -1.04. The van der Waals surface area contributed by atoms with Gasteiger partial charge in [0.1, 0.15) is 5.54 Å². The molecule has 0 saturated carbocycles. The fraction of sp³-hybridized carbons (Fsp3) is 0.562. The predicted molar refractivity (Wildman–Crippen MR) is 79.1 cm³/mol. The summed E-state index contributed by atoms with van der Waals surface area (Å²) in [7, 11) is 0. The zero-order valence-corrected chi connectivity index (χ0v) is 12.5. The van der Waals surface area contributed by atoms with E-state index >= 15 is 0 Å². The van der Waals surface area contributed by atoms with Crippen molar-refractivity contribution in [2.24, 2.45) is 5.92 Å². The predicted octanol–water partition coefficient (Wildman–Crippen LogP) is 3.90. The van der Waals surface area contributed by atoms with Gasteiger partial charge < -0.3 is 0 Å². The molecule has 1 fully saturated rings. The van der Waals surface area contributed by atoms with Crippen molar-refractivity contribution in [3.63, 3.8) is 0 Å². The van der Waals surface area contributed by atoms with Crippen LogP contribution in [-0.4, -0.2) is 23.5 Å². The van der Waals surface area contributed by atoms with E-state index in [4.69, 9.17) is 11.6 Å². The molecule has 19 heavy (non-hydrogen) atoms. The van der Waals surface area contributed by atoms with E-state index in [9.17, 15) is 5.26 Å². The molecule has 1 aromatic rings. The van der Waals surface area contributed by atoms with Gasteiger partial charge in [-0.1, -0.05) is 30.7 Å². The van der Waals surface area contributed by atoms with Crippen LogP contribution in [-0.2, 0) is 6.42 Å². The van der Waals surface area contributed by atoms with Crippen molar-refractivity contribution in [1.29, 1.82) is 5.26 Å². The van der Waals surface area contributed by atoms with E-state index in [1.54, 1.807) is 0 Å². The van der Waals surface area contributed by atoms with Crippen LogP contribution in [0, 0.1) is 17.2 Å². The Balaban J connectivity index is 2.13. The first-order chi connectivity index (χ1) is 9.03. The van der Waals surface area contributed by atoms with Gasteiger partial charge in [-0.2, -0.15) is 5.26 Å². The van der Waals surface area contributed by atoms with Gasteiger partial charge in [-0.15, -0.1) is 0 Å². The number of nitrogens with zero attached hydrogens (tertiary/aromatic N) is 2. The molecule has 0 aliphatic carbocycles. The van der Waals surface area contributed by atoms with Crippen LogP contribution in [0.5, 0.6) is 0 Å². The highest BCUT2D eigenvalue weighted by molar-refractivity contribution is 6.30. The molecule has 0 radical (unpaired) electrons. The topological polar surface area (TPSA) is 27.0 Å². The van der Waals surface area contributed by atoms with Gasteiger partial charge in [-0.3, -0.25) is 4.90 Å². The molecule has 0 aromatic heterocycles. The molecule has 0 spiro atoms. The first kappa shape index (κ1) is 14.4. The summed E-state index contributed by atoms with van der Waals surface area (Å²) in [6.07, 6.45) is 3.23. The van der Waals surface area contributed by atoms with Gasteiger partial charge in [-0.05, 0) is 49.9 Å². The fourth-order valence-corrected chi connectivity index (χ4v) is 2.99. The third-order valence-electron chi connectivity index (χ3n) is 4.06. The van der Waals surface area contributed by atoms with E-state index in [-0.39, 0.29) is 0 Å². The largest absolute Gasteiger partial charge is 0.285 e. The third-order valence-corrected chi connectivity index (χ3v) is 4.31. The first-order valence-corrected chi connectivity index (χ1v) is 7.32. The maximum absolute atomic E-state index is 9.62. The van der Waals surface area contributed by atoms with E-state index in [0.717, 1.165) is 24.5 Å². The Morgan fingerprint density at radius 3 is 2.68 bits per heavy atom. The average molecular weight is 277 g/mol. The van der Waals surface area contributed by atoms with Crippen LogP contribution in [0.25, 0.3) is 0 Å². The van der Waals surface area contributed by atoms with Crippen molar-refractivity contribution in [3.8, 4) is 6.07 Å². The smallest absolute Gasteiger partial charge is 0.110 e.